The van der Waals surface area contributed by atoms with E-state index in [-0.39, 0.29) is 5.82 Å². The van der Waals surface area contributed by atoms with Crippen molar-refractivity contribution < 1.29 is 8.91 Å². The molecule has 1 aromatic carbocycles. The number of hydrogen-bond acceptors (Lipinski definition) is 3. The fourth-order valence-electron chi connectivity index (χ4n) is 2.75. The van der Waals surface area contributed by atoms with Crippen LogP contribution in [0.3, 0.4) is 0 Å². The lowest BCUT2D eigenvalue weighted by Gasteiger charge is -2.07. The molecular formula is C15H14FN3O. The highest BCUT2D eigenvalue weighted by Gasteiger charge is 2.30. The van der Waals surface area contributed by atoms with Crippen LogP contribution in [0.25, 0.3) is 22.4 Å². The van der Waals surface area contributed by atoms with E-state index in [9.17, 15) is 4.39 Å². The van der Waals surface area contributed by atoms with Gasteiger partial charge < -0.3 is 9.09 Å². The van der Waals surface area contributed by atoms with Crippen LogP contribution in [0.5, 0.6) is 0 Å². The third-order valence-corrected chi connectivity index (χ3v) is 3.82. The molecule has 3 aromatic rings. The van der Waals surface area contributed by atoms with Crippen molar-refractivity contribution in [3.05, 3.63) is 35.5 Å². The number of aryl methyl sites for hydroxylation is 2. The van der Waals surface area contributed by atoms with Crippen LogP contribution in [-0.2, 0) is 0 Å². The highest BCUT2D eigenvalue weighted by atomic mass is 19.1. The van der Waals surface area contributed by atoms with E-state index in [1.165, 1.54) is 6.07 Å². The molecule has 102 valence electrons. The van der Waals surface area contributed by atoms with Gasteiger partial charge in [0.1, 0.15) is 17.4 Å². The largest absolute Gasteiger partial charge is 0.361 e. The second-order valence-corrected chi connectivity index (χ2v) is 5.37. The Morgan fingerprint density at radius 1 is 1.30 bits per heavy atom. The SMILES string of the molecule is Cc1noc(C)c1-c1nc2ccc(F)cc2n1C1CC1. The molecule has 1 fully saturated rings. The van der Waals surface area contributed by atoms with Crippen molar-refractivity contribution in [2.45, 2.75) is 32.7 Å². The Balaban J connectivity index is 2.06. The van der Waals surface area contributed by atoms with Gasteiger partial charge in [-0.15, -0.1) is 0 Å². The summed E-state index contributed by atoms with van der Waals surface area (Å²) in [5.74, 6) is 1.36. The molecule has 0 atom stereocenters. The zero-order valence-electron chi connectivity index (χ0n) is 11.4. The van der Waals surface area contributed by atoms with Crippen molar-refractivity contribution in [2.75, 3.05) is 0 Å². The van der Waals surface area contributed by atoms with Crippen LogP contribution in [0.2, 0.25) is 0 Å². The highest BCUT2D eigenvalue weighted by molar-refractivity contribution is 5.82. The zero-order valence-corrected chi connectivity index (χ0v) is 11.4. The molecule has 4 nitrogen and oxygen atoms in total. The first-order chi connectivity index (χ1) is 9.65. The van der Waals surface area contributed by atoms with E-state index in [4.69, 9.17) is 4.52 Å². The van der Waals surface area contributed by atoms with Gasteiger partial charge in [0.15, 0.2) is 0 Å². The van der Waals surface area contributed by atoms with Gasteiger partial charge in [0.2, 0.25) is 0 Å². The van der Waals surface area contributed by atoms with Crippen molar-refractivity contribution in [3.63, 3.8) is 0 Å². The van der Waals surface area contributed by atoms with Crippen LogP contribution in [-0.4, -0.2) is 14.7 Å². The van der Waals surface area contributed by atoms with Gasteiger partial charge in [-0.05, 0) is 44.9 Å². The zero-order chi connectivity index (χ0) is 13.9. The normalized spacial score (nSPS) is 15.2. The number of nitrogens with zero attached hydrogens (tertiary/aromatic N) is 3. The van der Waals surface area contributed by atoms with Gasteiger partial charge in [0, 0.05) is 6.04 Å². The fraction of sp³-hybridized carbons (Fsp3) is 0.333. The van der Waals surface area contributed by atoms with Gasteiger partial charge in [0.05, 0.1) is 22.3 Å². The van der Waals surface area contributed by atoms with Gasteiger partial charge in [-0.25, -0.2) is 9.37 Å². The summed E-state index contributed by atoms with van der Waals surface area (Å²) in [6.45, 7) is 3.79. The number of benzene rings is 1. The van der Waals surface area contributed by atoms with E-state index in [0.29, 0.717) is 6.04 Å². The van der Waals surface area contributed by atoms with Gasteiger partial charge in [-0.2, -0.15) is 0 Å². The lowest BCUT2D eigenvalue weighted by Crippen LogP contribution is -1.98. The standard InChI is InChI=1S/C15H14FN3O/c1-8-14(9(2)20-18-8)15-17-12-6-3-10(16)7-13(12)19(15)11-4-5-11/h3,6-7,11H,4-5H2,1-2H3. The molecule has 0 radical (unpaired) electrons. The summed E-state index contributed by atoms with van der Waals surface area (Å²) in [7, 11) is 0. The van der Waals surface area contributed by atoms with E-state index in [1.807, 2.05) is 13.8 Å². The monoisotopic (exact) mass is 271 g/mol. The summed E-state index contributed by atoms with van der Waals surface area (Å²) < 4.78 is 20.9. The molecule has 20 heavy (non-hydrogen) atoms. The number of aromatic nitrogens is 3. The van der Waals surface area contributed by atoms with Crippen molar-refractivity contribution in [2.24, 2.45) is 0 Å². The quantitative estimate of drug-likeness (QED) is 0.712. The molecule has 2 heterocycles. The molecule has 1 aliphatic carbocycles. The molecule has 0 aliphatic heterocycles. The molecule has 2 aromatic heterocycles. The Hall–Kier alpha value is -2.17. The summed E-state index contributed by atoms with van der Waals surface area (Å²) in [5.41, 5.74) is 3.41. The second-order valence-electron chi connectivity index (χ2n) is 5.37. The van der Waals surface area contributed by atoms with Gasteiger partial charge >= 0.3 is 0 Å². The highest BCUT2D eigenvalue weighted by Crippen LogP contribution is 2.42. The van der Waals surface area contributed by atoms with Crippen LogP contribution in [0.4, 0.5) is 4.39 Å². The van der Waals surface area contributed by atoms with Crippen LogP contribution in [0.1, 0.15) is 30.3 Å². The molecule has 0 amide bonds. The van der Waals surface area contributed by atoms with E-state index in [0.717, 1.165) is 46.7 Å². The molecular weight excluding hydrogens is 257 g/mol. The van der Waals surface area contributed by atoms with E-state index >= 15 is 0 Å². The lowest BCUT2D eigenvalue weighted by molar-refractivity contribution is 0.393. The van der Waals surface area contributed by atoms with Crippen LogP contribution in [0, 0.1) is 19.7 Å². The van der Waals surface area contributed by atoms with Crippen molar-refractivity contribution in [1.82, 2.24) is 14.7 Å². The van der Waals surface area contributed by atoms with Gasteiger partial charge in [-0.1, -0.05) is 5.16 Å². The Labute approximate surface area is 115 Å². The predicted molar refractivity (Wildman–Crippen MR) is 72.9 cm³/mol. The molecule has 0 spiro atoms. The first-order valence-corrected chi connectivity index (χ1v) is 6.76. The third-order valence-electron chi connectivity index (χ3n) is 3.82. The Morgan fingerprint density at radius 3 is 2.75 bits per heavy atom. The van der Waals surface area contributed by atoms with Crippen LogP contribution < -0.4 is 0 Å². The van der Waals surface area contributed by atoms with Crippen molar-refractivity contribution >= 4 is 11.0 Å². The maximum atomic E-state index is 13.5. The number of halogens is 1. The van der Waals surface area contributed by atoms with Crippen molar-refractivity contribution in [3.8, 4) is 11.4 Å². The van der Waals surface area contributed by atoms with E-state index in [1.54, 1.807) is 12.1 Å². The minimum absolute atomic E-state index is 0.232. The average Bonchev–Trinajstić information content (AvgIpc) is 3.11. The smallest absolute Gasteiger partial charge is 0.146 e. The molecule has 0 bridgehead atoms. The maximum Gasteiger partial charge on any atom is 0.146 e. The minimum atomic E-state index is -0.232. The summed E-state index contributed by atoms with van der Waals surface area (Å²) in [6.07, 6.45) is 2.22. The lowest BCUT2D eigenvalue weighted by atomic mass is 10.2. The summed E-state index contributed by atoms with van der Waals surface area (Å²) in [6, 6.07) is 5.14. The van der Waals surface area contributed by atoms with E-state index < -0.39 is 0 Å². The first kappa shape index (κ1) is 11.6. The summed E-state index contributed by atoms with van der Waals surface area (Å²) in [4.78, 5) is 4.68. The predicted octanol–water partition coefficient (Wildman–Crippen LogP) is 3.78. The Morgan fingerprint density at radius 2 is 2.10 bits per heavy atom. The number of imidazole rings is 1. The molecule has 1 aliphatic rings. The first-order valence-electron chi connectivity index (χ1n) is 6.76. The number of fused-ring (bicyclic) bond motifs is 1. The summed E-state index contributed by atoms with van der Waals surface area (Å²) >= 11 is 0. The minimum Gasteiger partial charge on any atom is -0.361 e. The average molecular weight is 271 g/mol. The maximum absolute atomic E-state index is 13.5. The second kappa shape index (κ2) is 3.91. The molecule has 0 N–H and O–H groups in total. The Kier molecular flexibility index (Phi) is 2.28. The van der Waals surface area contributed by atoms with Crippen LogP contribution in [0.15, 0.2) is 22.7 Å². The number of hydrogen-bond donors (Lipinski definition) is 0. The van der Waals surface area contributed by atoms with Gasteiger partial charge in [-0.3, -0.25) is 0 Å². The molecule has 0 saturated heterocycles. The van der Waals surface area contributed by atoms with E-state index in [2.05, 4.69) is 14.7 Å². The summed E-state index contributed by atoms with van der Waals surface area (Å²) in [5, 5.41) is 4.00. The van der Waals surface area contributed by atoms with Crippen molar-refractivity contribution in [1.29, 1.82) is 0 Å². The Bertz CT molecular complexity index is 794. The molecule has 4 rings (SSSR count). The molecule has 0 unspecified atom stereocenters. The molecule has 5 heteroatoms. The topological polar surface area (TPSA) is 43.9 Å². The third kappa shape index (κ3) is 1.59. The van der Waals surface area contributed by atoms with Crippen LogP contribution >= 0.6 is 0 Å². The fourth-order valence-corrected chi connectivity index (χ4v) is 2.75. The van der Waals surface area contributed by atoms with Gasteiger partial charge in [0.25, 0.3) is 0 Å². The number of rotatable bonds is 2. The molecule has 1 saturated carbocycles.